The molecule has 5 heteroatoms. The van der Waals surface area contributed by atoms with Crippen LogP contribution in [0.5, 0.6) is 0 Å². The maximum Gasteiger partial charge on any atom is 0.0635 e. The van der Waals surface area contributed by atoms with Gasteiger partial charge in [0.25, 0.3) is 0 Å². The predicted octanol–water partition coefficient (Wildman–Crippen LogP) is 3.88. The summed E-state index contributed by atoms with van der Waals surface area (Å²) in [5.41, 5.74) is 7.19. The summed E-state index contributed by atoms with van der Waals surface area (Å²) in [7, 11) is -1.23. The zero-order chi connectivity index (χ0) is 13.1. The number of hydrogen-bond donors (Lipinski definition) is 1. The molecule has 2 aromatic rings. The highest BCUT2D eigenvalue weighted by Gasteiger charge is 2.10. The second-order valence-electron chi connectivity index (χ2n) is 3.80. The minimum atomic E-state index is -1.23. The molecule has 0 spiro atoms. The van der Waals surface area contributed by atoms with Crippen molar-refractivity contribution in [3.63, 3.8) is 0 Å². The van der Waals surface area contributed by atoms with Gasteiger partial charge in [-0.15, -0.1) is 0 Å². The third-order valence-corrected chi connectivity index (χ3v) is 4.32. The topological polar surface area (TPSA) is 43.1 Å². The summed E-state index contributed by atoms with van der Waals surface area (Å²) < 4.78 is 12.2. The molecule has 2 rings (SSSR count). The largest absolute Gasteiger partial charge is 0.398 e. The smallest absolute Gasteiger partial charge is 0.0635 e. The van der Waals surface area contributed by atoms with E-state index in [0.29, 0.717) is 26.4 Å². The van der Waals surface area contributed by atoms with Gasteiger partial charge in [0.15, 0.2) is 0 Å². The summed E-state index contributed by atoms with van der Waals surface area (Å²) in [6.45, 7) is 0. The van der Waals surface area contributed by atoms with E-state index >= 15 is 0 Å². The molecule has 94 valence electrons. The molecule has 0 fully saturated rings. The molecule has 0 bridgehead atoms. The highest BCUT2D eigenvalue weighted by Crippen LogP contribution is 2.23. The first-order valence-electron chi connectivity index (χ1n) is 5.24. The number of hydrogen-bond acceptors (Lipinski definition) is 2. The molecule has 2 nitrogen and oxygen atoms in total. The van der Waals surface area contributed by atoms with Crippen molar-refractivity contribution in [2.45, 2.75) is 10.6 Å². The van der Waals surface area contributed by atoms with Crippen LogP contribution in [0, 0.1) is 0 Å². The van der Waals surface area contributed by atoms with Crippen molar-refractivity contribution in [1.82, 2.24) is 0 Å². The van der Waals surface area contributed by atoms with Gasteiger partial charge in [0.2, 0.25) is 0 Å². The highest BCUT2D eigenvalue weighted by atomic mass is 35.5. The van der Waals surface area contributed by atoms with Crippen LogP contribution in [-0.4, -0.2) is 4.21 Å². The molecule has 18 heavy (non-hydrogen) atoms. The van der Waals surface area contributed by atoms with Gasteiger partial charge >= 0.3 is 0 Å². The Hall–Kier alpha value is -1.03. The van der Waals surface area contributed by atoms with E-state index in [1.165, 1.54) is 0 Å². The molecule has 0 amide bonds. The Morgan fingerprint density at radius 2 is 1.78 bits per heavy atom. The lowest BCUT2D eigenvalue weighted by molar-refractivity contribution is 0.683. The summed E-state index contributed by atoms with van der Waals surface area (Å²) in [6.07, 6.45) is 0. The van der Waals surface area contributed by atoms with Crippen LogP contribution in [0.4, 0.5) is 5.69 Å². The number of nitrogens with two attached hydrogens (primary N) is 1. The number of halogens is 2. The van der Waals surface area contributed by atoms with E-state index in [4.69, 9.17) is 28.9 Å². The lowest BCUT2D eigenvalue weighted by Crippen LogP contribution is -2.00. The van der Waals surface area contributed by atoms with Crippen molar-refractivity contribution < 1.29 is 4.21 Å². The molecule has 2 N–H and O–H groups in total. The van der Waals surface area contributed by atoms with Crippen molar-refractivity contribution in [3.8, 4) is 0 Å². The first-order chi connectivity index (χ1) is 8.56. The first-order valence-corrected chi connectivity index (χ1v) is 7.31. The van der Waals surface area contributed by atoms with Crippen LogP contribution in [-0.2, 0) is 16.6 Å². The van der Waals surface area contributed by atoms with Crippen LogP contribution >= 0.6 is 23.2 Å². The number of nitrogen functional groups attached to an aromatic ring is 1. The molecule has 0 aliphatic rings. The minimum Gasteiger partial charge on any atom is -0.398 e. The number of rotatable bonds is 3. The molecular formula is C13H11Cl2NOS. The van der Waals surface area contributed by atoms with Crippen LogP contribution in [0.15, 0.2) is 47.4 Å². The third-order valence-electron chi connectivity index (χ3n) is 2.41. The van der Waals surface area contributed by atoms with Crippen LogP contribution in [0.3, 0.4) is 0 Å². The molecule has 1 unspecified atom stereocenters. The zero-order valence-electron chi connectivity index (χ0n) is 9.40. The molecule has 2 aromatic carbocycles. The first kappa shape index (κ1) is 13.4. The highest BCUT2D eigenvalue weighted by molar-refractivity contribution is 7.84. The second-order valence-corrected chi connectivity index (χ2v) is 6.09. The molecule has 1 atom stereocenters. The van der Waals surface area contributed by atoms with Crippen LogP contribution in [0.1, 0.15) is 5.56 Å². The molecule has 0 saturated carbocycles. The van der Waals surface area contributed by atoms with Crippen LogP contribution < -0.4 is 5.73 Å². The zero-order valence-corrected chi connectivity index (χ0v) is 11.7. The fourth-order valence-corrected chi connectivity index (χ4v) is 3.24. The normalized spacial score (nSPS) is 12.3. The van der Waals surface area contributed by atoms with Crippen LogP contribution in [0.25, 0.3) is 0 Å². The van der Waals surface area contributed by atoms with Gasteiger partial charge in [-0.3, -0.25) is 4.21 Å². The van der Waals surface area contributed by atoms with Crippen molar-refractivity contribution in [2.75, 3.05) is 5.73 Å². The average Bonchev–Trinajstić information content (AvgIpc) is 2.32. The van der Waals surface area contributed by atoms with E-state index in [-0.39, 0.29) is 0 Å². The van der Waals surface area contributed by atoms with Crippen molar-refractivity contribution >= 4 is 39.7 Å². The van der Waals surface area contributed by atoms with E-state index in [9.17, 15) is 4.21 Å². The fraction of sp³-hybridized carbons (Fsp3) is 0.0769. The standard InChI is InChI=1S/C13H11Cl2NOS/c14-10-3-1-2-9(6-10)8-18(17)13-7-11(15)4-5-12(13)16/h1-7H,8,16H2. The number of benzene rings is 2. The SMILES string of the molecule is Nc1ccc(Cl)cc1S(=O)Cc1cccc(Cl)c1. The monoisotopic (exact) mass is 299 g/mol. The van der Waals surface area contributed by atoms with Crippen molar-refractivity contribution in [3.05, 3.63) is 58.1 Å². The minimum absolute atomic E-state index is 0.366. The lowest BCUT2D eigenvalue weighted by atomic mass is 10.2. The maximum absolute atomic E-state index is 12.2. The Morgan fingerprint density at radius 1 is 1.06 bits per heavy atom. The van der Waals surface area contributed by atoms with Gasteiger partial charge in [-0.2, -0.15) is 0 Å². The Kier molecular flexibility index (Phi) is 4.27. The summed E-state index contributed by atoms with van der Waals surface area (Å²) in [5, 5.41) is 1.15. The van der Waals surface area contributed by atoms with Gasteiger partial charge in [-0.05, 0) is 35.9 Å². The second kappa shape index (κ2) is 5.74. The van der Waals surface area contributed by atoms with Crippen LogP contribution in [0.2, 0.25) is 10.0 Å². The van der Waals surface area contributed by atoms with Gasteiger partial charge < -0.3 is 5.73 Å². The Bertz CT molecular complexity index is 601. The van der Waals surface area contributed by atoms with Crippen molar-refractivity contribution in [1.29, 1.82) is 0 Å². The quantitative estimate of drug-likeness (QED) is 0.874. The predicted molar refractivity (Wildman–Crippen MR) is 77.4 cm³/mol. The van der Waals surface area contributed by atoms with Gasteiger partial charge in [0.05, 0.1) is 21.4 Å². The molecule has 0 radical (unpaired) electrons. The van der Waals surface area contributed by atoms with Gasteiger partial charge in [-0.1, -0.05) is 35.3 Å². The van der Waals surface area contributed by atoms with Crippen molar-refractivity contribution in [2.24, 2.45) is 0 Å². The summed E-state index contributed by atoms with van der Waals surface area (Å²) in [6, 6.07) is 12.3. The Labute approximate surface area is 118 Å². The van der Waals surface area contributed by atoms with Gasteiger partial charge in [-0.25, -0.2) is 0 Å². The molecule has 0 aliphatic carbocycles. The lowest BCUT2D eigenvalue weighted by Gasteiger charge is -2.06. The summed E-state index contributed by atoms with van der Waals surface area (Å²) >= 11 is 11.8. The van der Waals surface area contributed by atoms with E-state index in [2.05, 4.69) is 0 Å². The van der Waals surface area contributed by atoms with Gasteiger partial charge in [0, 0.05) is 15.7 Å². The molecule has 0 saturated heterocycles. The van der Waals surface area contributed by atoms with Gasteiger partial charge in [0.1, 0.15) is 0 Å². The molecule has 0 aromatic heterocycles. The van der Waals surface area contributed by atoms with E-state index in [1.807, 2.05) is 12.1 Å². The van der Waals surface area contributed by atoms with E-state index in [0.717, 1.165) is 5.56 Å². The molecule has 0 heterocycles. The number of anilines is 1. The fourth-order valence-electron chi connectivity index (χ4n) is 1.56. The third kappa shape index (κ3) is 3.25. The molecular weight excluding hydrogens is 289 g/mol. The molecule has 0 aliphatic heterocycles. The maximum atomic E-state index is 12.2. The summed E-state index contributed by atoms with van der Waals surface area (Å²) in [4.78, 5) is 0.558. The Balaban J connectivity index is 2.24. The average molecular weight is 300 g/mol. The van der Waals surface area contributed by atoms with E-state index in [1.54, 1.807) is 30.3 Å². The van der Waals surface area contributed by atoms with E-state index < -0.39 is 10.8 Å². The summed E-state index contributed by atoms with van der Waals surface area (Å²) in [5.74, 6) is 0.366. The Morgan fingerprint density at radius 3 is 2.50 bits per heavy atom.